The highest BCUT2D eigenvalue weighted by atomic mass is 35.5. The lowest BCUT2D eigenvalue weighted by Crippen LogP contribution is -2.22. The molecule has 1 heterocycles. The first-order valence-corrected chi connectivity index (χ1v) is 10.3. The van der Waals surface area contributed by atoms with E-state index in [0.717, 1.165) is 42.3 Å². The maximum atomic E-state index is 13.9. The quantitative estimate of drug-likeness (QED) is 0.225. The Morgan fingerprint density at radius 2 is 1.77 bits per heavy atom. The van der Waals surface area contributed by atoms with Gasteiger partial charge in [0.1, 0.15) is 11.6 Å². The minimum Gasteiger partial charge on any atom is -0.312 e. The van der Waals surface area contributed by atoms with Crippen LogP contribution in [0.4, 0.5) is 27.6 Å². The highest BCUT2D eigenvalue weighted by molar-refractivity contribution is 8.00. The van der Waals surface area contributed by atoms with Crippen LogP contribution in [0, 0.1) is 11.6 Å². The molecule has 30 heavy (non-hydrogen) atoms. The molecule has 0 aromatic heterocycles. The molecule has 1 aliphatic heterocycles. The minimum absolute atomic E-state index is 0.177. The summed E-state index contributed by atoms with van der Waals surface area (Å²) in [4.78, 5) is 0.456. The highest BCUT2D eigenvalue weighted by Crippen LogP contribution is 2.41. The lowest BCUT2D eigenvalue weighted by atomic mass is 9.97. The van der Waals surface area contributed by atoms with E-state index in [1.807, 2.05) is 10.4 Å². The van der Waals surface area contributed by atoms with Crippen molar-refractivity contribution in [2.75, 3.05) is 10.8 Å². The number of rotatable bonds is 3. The summed E-state index contributed by atoms with van der Waals surface area (Å²) in [6, 6.07) is 12.4. The van der Waals surface area contributed by atoms with E-state index in [4.69, 9.17) is 11.6 Å². The summed E-state index contributed by atoms with van der Waals surface area (Å²) in [5, 5.41) is -0.177. The van der Waals surface area contributed by atoms with Crippen LogP contribution in [0.3, 0.4) is 0 Å². The van der Waals surface area contributed by atoms with Gasteiger partial charge in [-0.3, -0.25) is 0 Å². The second-order valence-electron chi connectivity index (χ2n) is 6.92. The van der Waals surface area contributed by atoms with Crippen molar-refractivity contribution in [3.05, 3.63) is 82.4 Å². The van der Waals surface area contributed by atoms with Crippen LogP contribution in [0.2, 0.25) is 5.02 Å². The van der Waals surface area contributed by atoms with Gasteiger partial charge in [0.05, 0.1) is 16.3 Å². The van der Waals surface area contributed by atoms with E-state index in [2.05, 4.69) is 0 Å². The Morgan fingerprint density at radius 3 is 2.53 bits per heavy atom. The predicted molar refractivity (Wildman–Crippen MR) is 110 cm³/mol. The van der Waals surface area contributed by atoms with E-state index in [1.165, 1.54) is 24.1 Å². The van der Waals surface area contributed by atoms with Crippen molar-refractivity contribution in [3.63, 3.8) is 0 Å². The second-order valence-corrected chi connectivity index (χ2v) is 8.39. The van der Waals surface area contributed by atoms with Crippen molar-refractivity contribution >= 4 is 29.2 Å². The molecule has 1 nitrogen and oxygen atoms in total. The van der Waals surface area contributed by atoms with Crippen molar-refractivity contribution in [2.45, 2.75) is 23.9 Å². The maximum Gasteiger partial charge on any atom is 0.416 e. The Balaban J connectivity index is 1.70. The molecular weight excluding hydrogens is 441 g/mol. The molecule has 0 saturated carbocycles. The van der Waals surface area contributed by atoms with Gasteiger partial charge in [0, 0.05) is 23.1 Å². The number of benzene rings is 3. The van der Waals surface area contributed by atoms with Crippen LogP contribution >= 0.6 is 23.5 Å². The Labute approximate surface area is 179 Å². The molecule has 0 radical (unpaired) electrons. The summed E-state index contributed by atoms with van der Waals surface area (Å²) < 4.78 is 68.6. The van der Waals surface area contributed by atoms with Crippen LogP contribution in [-0.4, -0.2) is 6.54 Å². The maximum absolute atomic E-state index is 13.9. The molecule has 4 rings (SSSR count). The summed E-state index contributed by atoms with van der Waals surface area (Å²) in [6.07, 6.45) is -2.77. The SMILES string of the molecule is Fc1cc(F)c(Cl)c(-c2ccc3c(c2)N(Sc2cccc(C(F)(F)F)c2)CCC3)c1. The van der Waals surface area contributed by atoms with Crippen molar-refractivity contribution in [1.29, 1.82) is 0 Å². The zero-order valence-corrected chi connectivity index (χ0v) is 17.0. The van der Waals surface area contributed by atoms with Gasteiger partial charge in [0.15, 0.2) is 0 Å². The summed E-state index contributed by atoms with van der Waals surface area (Å²) >= 11 is 7.25. The zero-order valence-electron chi connectivity index (χ0n) is 15.4. The average Bonchev–Trinajstić information content (AvgIpc) is 2.70. The molecule has 0 unspecified atom stereocenters. The molecule has 0 aliphatic carbocycles. The number of halogens is 6. The summed E-state index contributed by atoms with van der Waals surface area (Å²) in [5.41, 5.74) is 1.86. The molecule has 0 amide bonds. The van der Waals surface area contributed by atoms with Gasteiger partial charge in [0.25, 0.3) is 0 Å². The molecule has 1 aliphatic rings. The molecule has 3 aromatic carbocycles. The Kier molecular flexibility index (Phi) is 5.68. The van der Waals surface area contributed by atoms with Gasteiger partial charge in [-0.25, -0.2) is 8.78 Å². The third-order valence-electron chi connectivity index (χ3n) is 4.84. The topological polar surface area (TPSA) is 3.24 Å². The summed E-state index contributed by atoms with van der Waals surface area (Å²) in [6.45, 7) is 0.628. The Morgan fingerprint density at radius 1 is 0.967 bits per heavy atom. The van der Waals surface area contributed by atoms with Crippen LogP contribution in [0.5, 0.6) is 0 Å². The van der Waals surface area contributed by atoms with Crippen LogP contribution < -0.4 is 4.31 Å². The van der Waals surface area contributed by atoms with Crippen LogP contribution in [0.1, 0.15) is 17.5 Å². The van der Waals surface area contributed by atoms with Crippen LogP contribution in [0.25, 0.3) is 11.1 Å². The first-order valence-electron chi connectivity index (χ1n) is 9.13. The summed E-state index contributed by atoms with van der Waals surface area (Å²) in [5.74, 6) is -1.58. The lowest BCUT2D eigenvalue weighted by molar-refractivity contribution is -0.137. The van der Waals surface area contributed by atoms with Crippen LogP contribution in [-0.2, 0) is 12.6 Å². The van der Waals surface area contributed by atoms with E-state index >= 15 is 0 Å². The number of nitrogens with zero attached hydrogens (tertiary/aromatic N) is 1. The van der Waals surface area contributed by atoms with Crippen molar-refractivity contribution in [1.82, 2.24) is 0 Å². The van der Waals surface area contributed by atoms with E-state index in [9.17, 15) is 22.0 Å². The monoisotopic (exact) mass is 455 g/mol. The first-order chi connectivity index (χ1) is 14.2. The molecular formula is C22H15ClF5NS. The van der Waals surface area contributed by atoms with Crippen molar-refractivity contribution in [3.8, 4) is 11.1 Å². The number of hydrogen-bond donors (Lipinski definition) is 0. The molecule has 0 atom stereocenters. The average molecular weight is 456 g/mol. The van der Waals surface area contributed by atoms with Crippen molar-refractivity contribution in [2.24, 2.45) is 0 Å². The van der Waals surface area contributed by atoms with Gasteiger partial charge in [-0.05, 0) is 66.2 Å². The molecule has 0 spiro atoms. The predicted octanol–water partition coefficient (Wildman–Crippen LogP) is 7.76. The normalized spacial score (nSPS) is 14.0. The van der Waals surface area contributed by atoms with Crippen LogP contribution in [0.15, 0.2) is 59.5 Å². The summed E-state index contributed by atoms with van der Waals surface area (Å²) in [7, 11) is 0. The largest absolute Gasteiger partial charge is 0.416 e. The Hall–Kier alpha value is -2.25. The van der Waals surface area contributed by atoms with Gasteiger partial charge in [-0.2, -0.15) is 13.2 Å². The van der Waals surface area contributed by atoms with E-state index < -0.39 is 23.4 Å². The molecule has 0 N–H and O–H groups in total. The van der Waals surface area contributed by atoms with Gasteiger partial charge in [-0.1, -0.05) is 29.8 Å². The lowest BCUT2D eigenvalue weighted by Gasteiger charge is -2.30. The molecule has 0 saturated heterocycles. The number of aryl methyl sites for hydroxylation is 1. The third-order valence-corrected chi connectivity index (χ3v) is 6.29. The van der Waals surface area contributed by atoms with Gasteiger partial charge in [-0.15, -0.1) is 0 Å². The van der Waals surface area contributed by atoms with Crippen molar-refractivity contribution < 1.29 is 22.0 Å². The standard InChI is InChI=1S/C22H15ClF5NS/c23-21-18(11-16(24)12-19(21)25)14-7-6-13-3-2-8-29(20(13)9-14)30-17-5-1-4-15(10-17)22(26,27)28/h1,4-7,9-12H,2-3,8H2. The van der Waals surface area contributed by atoms with E-state index in [-0.39, 0.29) is 10.6 Å². The highest BCUT2D eigenvalue weighted by Gasteiger charge is 2.30. The zero-order chi connectivity index (χ0) is 21.5. The molecule has 156 valence electrons. The van der Waals surface area contributed by atoms with E-state index in [1.54, 1.807) is 18.2 Å². The van der Waals surface area contributed by atoms with E-state index in [0.29, 0.717) is 17.0 Å². The Bertz CT molecular complexity index is 1100. The van der Waals surface area contributed by atoms with Gasteiger partial charge < -0.3 is 4.31 Å². The number of alkyl halides is 3. The molecule has 0 fully saturated rings. The molecule has 8 heteroatoms. The smallest absolute Gasteiger partial charge is 0.312 e. The molecule has 3 aromatic rings. The molecule has 0 bridgehead atoms. The first kappa shape index (κ1) is 21.0. The number of hydrogen-bond acceptors (Lipinski definition) is 2. The fraction of sp³-hybridized carbons (Fsp3) is 0.182. The van der Waals surface area contributed by atoms with Gasteiger partial charge in [0.2, 0.25) is 0 Å². The fourth-order valence-electron chi connectivity index (χ4n) is 3.43. The number of fused-ring (bicyclic) bond motifs is 1. The second kappa shape index (κ2) is 8.12. The number of anilines is 1. The minimum atomic E-state index is -4.41. The third kappa shape index (κ3) is 4.27. The fourth-order valence-corrected chi connectivity index (χ4v) is 4.71. The van der Waals surface area contributed by atoms with Gasteiger partial charge >= 0.3 is 6.18 Å².